The average molecular weight is 302 g/mol. The number of ketones is 2. The SMILES string of the molecule is C[C@]12CCC(=O)C=C1C[C@@H](O)C1C2CC[C@]2(C)C(=O)CCC12. The van der Waals surface area contributed by atoms with Crippen molar-refractivity contribution in [1.82, 2.24) is 0 Å². The van der Waals surface area contributed by atoms with E-state index >= 15 is 0 Å². The summed E-state index contributed by atoms with van der Waals surface area (Å²) >= 11 is 0. The summed E-state index contributed by atoms with van der Waals surface area (Å²) < 4.78 is 0. The molecule has 120 valence electrons. The first-order valence-corrected chi connectivity index (χ1v) is 8.81. The highest BCUT2D eigenvalue weighted by Crippen LogP contribution is 2.64. The van der Waals surface area contributed by atoms with Gasteiger partial charge in [0.2, 0.25) is 0 Å². The van der Waals surface area contributed by atoms with Crippen molar-refractivity contribution >= 4 is 11.6 Å². The summed E-state index contributed by atoms with van der Waals surface area (Å²) in [5.74, 6) is 1.63. The molecule has 0 amide bonds. The van der Waals surface area contributed by atoms with Crippen molar-refractivity contribution in [2.24, 2.45) is 28.6 Å². The minimum atomic E-state index is -0.384. The molecule has 3 heteroatoms. The fourth-order valence-electron chi connectivity index (χ4n) is 6.30. The Labute approximate surface area is 132 Å². The van der Waals surface area contributed by atoms with E-state index in [1.807, 2.05) is 6.08 Å². The van der Waals surface area contributed by atoms with Crippen LogP contribution >= 0.6 is 0 Å². The zero-order valence-corrected chi connectivity index (χ0v) is 13.6. The largest absolute Gasteiger partial charge is 0.392 e. The van der Waals surface area contributed by atoms with Crippen molar-refractivity contribution in [2.45, 2.75) is 64.9 Å². The van der Waals surface area contributed by atoms with Crippen LogP contribution in [-0.2, 0) is 9.59 Å². The van der Waals surface area contributed by atoms with Gasteiger partial charge >= 0.3 is 0 Å². The molecule has 0 saturated heterocycles. The monoisotopic (exact) mass is 302 g/mol. The van der Waals surface area contributed by atoms with Gasteiger partial charge in [0.1, 0.15) is 5.78 Å². The second kappa shape index (κ2) is 4.53. The zero-order valence-electron chi connectivity index (χ0n) is 13.6. The van der Waals surface area contributed by atoms with Crippen molar-refractivity contribution in [1.29, 1.82) is 0 Å². The van der Waals surface area contributed by atoms with Gasteiger partial charge in [0, 0.05) is 18.3 Å². The molecule has 0 aromatic carbocycles. The number of fused-ring (bicyclic) bond motifs is 5. The molecule has 3 saturated carbocycles. The lowest BCUT2D eigenvalue weighted by Crippen LogP contribution is -2.55. The minimum absolute atomic E-state index is 0.0603. The van der Waals surface area contributed by atoms with Crippen LogP contribution in [0, 0.1) is 28.6 Å². The summed E-state index contributed by atoms with van der Waals surface area (Å²) in [6.45, 7) is 4.43. The summed E-state index contributed by atoms with van der Waals surface area (Å²) in [5.41, 5.74) is 1.03. The van der Waals surface area contributed by atoms with Gasteiger partial charge < -0.3 is 5.11 Å². The first-order chi connectivity index (χ1) is 10.4. The zero-order chi connectivity index (χ0) is 15.7. The third-order valence-corrected chi connectivity index (χ3v) is 7.69. The lowest BCUT2D eigenvalue weighted by molar-refractivity contribution is -0.139. The maximum absolute atomic E-state index is 12.4. The maximum Gasteiger partial charge on any atom is 0.155 e. The summed E-state index contributed by atoms with van der Waals surface area (Å²) in [4.78, 5) is 24.2. The van der Waals surface area contributed by atoms with E-state index in [0.29, 0.717) is 36.9 Å². The predicted molar refractivity (Wildman–Crippen MR) is 83.1 cm³/mol. The number of hydrogen-bond donors (Lipinski definition) is 1. The first kappa shape index (κ1) is 14.6. The summed E-state index contributed by atoms with van der Waals surface area (Å²) in [7, 11) is 0. The highest BCUT2D eigenvalue weighted by atomic mass is 16.3. The van der Waals surface area contributed by atoms with Crippen LogP contribution in [0.4, 0.5) is 0 Å². The van der Waals surface area contributed by atoms with Crippen molar-refractivity contribution in [3.63, 3.8) is 0 Å². The lowest BCUT2D eigenvalue weighted by Gasteiger charge is -2.58. The molecule has 1 N–H and O–H groups in total. The quantitative estimate of drug-likeness (QED) is 0.748. The Morgan fingerprint density at radius 3 is 2.55 bits per heavy atom. The van der Waals surface area contributed by atoms with Crippen LogP contribution in [0.25, 0.3) is 0 Å². The molecule has 0 bridgehead atoms. The summed E-state index contributed by atoms with van der Waals surface area (Å²) in [6.07, 6.45) is 7.23. The third-order valence-electron chi connectivity index (χ3n) is 7.69. The number of Topliss-reactive ketones (excluding diaryl/α,β-unsaturated/α-hetero) is 1. The Morgan fingerprint density at radius 1 is 1.05 bits per heavy atom. The second-order valence-corrected chi connectivity index (χ2v) is 8.53. The Hall–Kier alpha value is -0.960. The third kappa shape index (κ3) is 1.72. The minimum Gasteiger partial charge on any atom is -0.392 e. The van der Waals surface area contributed by atoms with Gasteiger partial charge in [-0.2, -0.15) is 0 Å². The molecule has 3 unspecified atom stereocenters. The van der Waals surface area contributed by atoms with Crippen molar-refractivity contribution < 1.29 is 14.7 Å². The highest BCUT2D eigenvalue weighted by molar-refractivity contribution is 5.91. The Morgan fingerprint density at radius 2 is 1.77 bits per heavy atom. The lowest BCUT2D eigenvalue weighted by atomic mass is 9.47. The topological polar surface area (TPSA) is 54.4 Å². The van der Waals surface area contributed by atoms with E-state index in [-0.39, 0.29) is 28.6 Å². The molecular formula is C19H26O3. The van der Waals surface area contributed by atoms with Crippen LogP contribution in [0.1, 0.15) is 58.8 Å². The average Bonchev–Trinajstić information content (AvgIpc) is 2.77. The molecule has 0 aliphatic heterocycles. The fourth-order valence-corrected chi connectivity index (χ4v) is 6.30. The molecule has 22 heavy (non-hydrogen) atoms. The van der Waals surface area contributed by atoms with E-state index < -0.39 is 0 Å². The van der Waals surface area contributed by atoms with Crippen LogP contribution in [0.15, 0.2) is 11.6 Å². The second-order valence-electron chi connectivity index (χ2n) is 8.53. The summed E-state index contributed by atoms with van der Waals surface area (Å²) in [6, 6.07) is 0. The normalized spacial score (nSPS) is 51.0. The van der Waals surface area contributed by atoms with Crippen molar-refractivity contribution in [2.75, 3.05) is 0 Å². The fraction of sp³-hybridized carbons (Fsp3) is 0.789. The molecule has 6 atom stereocenters. The smallest absolute Gasteiger partial charge is 0.155 e. The molecule has 4 aliphatic rings. The Bertz CT molecular complexity index is 577. The molecular weight excluding hydrogens is 276 g/mol. The van der Waals surface area contributed by atoms with Crippen LogP contribution in [0.5, 0.6) is 0 Å². The van der Waals surface area contributed by atoms with Crippen LogP contribution < -0.4 is 0 Å². The van der Waals surface area contributed by atoms with Crippen LogP contribution in [-0.4, -0.2) is 22.8 Å². The standard InChI is InChI=1S/C19H26O3/c1-18-7-5-12(20)9-11(18)10-15(21)17-13-3-4-16(22)19(13,2)8-6-14(17)18/h9,13-15,17,21H,3-8,10H2,1-2H3/t13?,14?,15-,17?,18+,19+/m1/s1. The van der Waals surface area contributed by atoms with Crippen LogP contribution in [0.3, 0.4) is 0 Å². The van der Waals surface area contributed by atoms with E-state index in [9.17, 15) is 14.7 Å². The van der Waals surface area contributed by atoms with Gasteiger partial charge in [0.15, 0.2) is 5.78 Å². The molecule has 3 fully saturated rings. The first-order valence-electron chi connectivity index (χ1n) is 8.81. The Kier molecular flexibility index (Phi) is 3.01. The van der Waals surface area contributed by atoms with Gasteiger partial charge in [0.25, 0.3) is 0 Å². The van der Waals surface area contributed by atoms with Gasteiger partial charge in [0.05, 0.1) is 6.10 Å². The van der Waals surface area contributed by atoms with E-state index in [1.165, 1.54) is 5.57 Å². The maximum atomic E-state index is 12.4. The van der Waals surface area contributed by atoms with Gasteiger partial charge in [-0.3, -0.25) is 9.59 Å². The Balaban J connectivity index is 1.75. The van der Waals surface area contributed by atoms with E-state index in [1.54, 1.807) is 0 Å². The molecule has 0 radical (unpaired) electrons. The number of carbonyl (C=O) groups excluding carboxylic acids is 2. The number of aliphatic hydroxyl groups excluding tert-OH is 1. The van der Waals surface area contributed by atoms with Crippen molar-refractivity contribution in [3.05, 3.63) is 11.6 Å². The molecule has 4 aliphatic carbocycles. The van der Waals surface area contributed by atoms with Gasteiger partial charge in [-0.05, 0) is 61.3 Å². The van der Waals surface area contributed by atoms with Crippen LogP contribution in [0.2, 0.25) is 0 Å². The number of carbonyl (C=O) groups is 2. The number of rotatable bonds is 0. The molecule has 0 aromatic heterocycles. The van der Waals surface area contributed by atoms with Gasteiger partial charge in [-0.15, -0.1) is 0 Å². The molecule has 4 rings (SSSR count). The van der Waals surface area contributed by atoms with E-state index in [0.717, 1.165) is 25.7 Å². The predicted octanol–water partition coefficient (Wildman–Crippen LogP) is 3.06. The summed E-state index contributed by atoms with van der Waals surface area (Å²) in [5, 5.41) is 10.8. The van der Waals surface area contributed by atoms with Gasteiger partial charge in [-0.1, -0.05) is 19.4 Å². The van der Waals surface area contributed by atoms with Gasteiger partial charge in [-0.25, -0.2) is 0 Å². The van der Waals surface area contributed by atoms with E-state index in [2.05, 4.69) is 13.8 Å². The molecule has 0 spiro atoms. The highest BCUT2D eigenvalue weighted by Gasteiger charge is 2.61. The molecule has 0 aromatic rings. The number of hydrogen-bond acceptors (Lipinski definition) is 3. The molecule has 3 nitrogen and oxygen atoms in total. The van der Waals surface area contributed by atoms with E-state index in [4.69, 9.17) is 0 Å². The van der Waals surface area contributed by atoms with Crippen molar-refractivity contribution in [3.8, 4) is 0 Å². The molecule has 0 heterocycles. The number of aliphatic hydroxyl groups is 1.